The third-order valence-corrected chi connectivity index (χ3v) is 8.70. The summed E-state index contributed by atoms with van der Waals surface area (Å²) in [6.07, 6.45) is 2.87. The van der Waals surface area contributed by atoms with Crippen molar-refractivity contribution in [1.82, 2.24) is 9.21 Å². The van der Waals surface area contributed by atoms with Crippen molar-refractivity contribution < 1.29 is 18.0 Å². The Morgan fingerprint density at radius 2 is 1.66 bits per heavy atom. The zero-order valence-electron chi connectivity index (χ0n) is 18.2. The number of nitrogens with zero attached hydrogens (tertiary/aromatic N) is 3. The predicted octanol–water partition coefficient (Wildman–Crippen LogP) is 2.33. The molecule has 32 heavy (non-hydrogen) atoms. The van der Waals surface area contributed by atoms with Gasteiger partial charge < -0.3 is 4.90 Å². The molecule has 3 aliphatic rings. The fraction of sp³-hybridized carbons (Fsp3) is 0.417. The Bertz CT molecular complexity index is 1190. The third-order valence-electron chi connectivity index (χ3n) is 6.80. The Balaban J connectivity index is 1.42. The van der Waals surface area contributed by atoms with Crippen LogP contribution in [-0.2, 0) is 39.0 Å². The van der Waals surface area contributed by atoms with Crippen LogP contribution in [0.25, 0.3) is 0 Å². The molecule has 0 aromatic heterocycles. The molecule has 2 amide bonds. The summed E-state index contributed by atoms with van der Waals surface area (Å²) in [6.45, 7) is 3.67. The molecule has 1 saturated heterocycles. The normalized spacial score (nSPS) is 20.8. The minimum Gasteiger partial charge on any atom is -0.336 e. The number of amides is 2. The average molecular weight is 454 g/mol. The first-order valence-corrected chi connectivity index (χ1v) is 12.6. The van der Waals surface area contributed by atoms with Crippen molar-refractivity contribution in [1.29, 1.82) is 0 Å². The molecule has 0 bridgehead atoms. The average Bonchev–Trinajstić information content (AvgIpc) is 3.46. The molecule has 168 valence electrons. The molecule has 0 aliphatic carbocycles. The maximum atomic E-state index is 13.5. The highest BCUT2D eigenvalue weighted by Gasteiger charge is 2.40. The van der Waals surface area contributed by atoms with Gasteiger partial charge in [-0.2, -0.15) is 4.31 Å². The van der Waals surface area contributed by atoms with Crippen molar-refractivity contribution in [3.8, 4) is 0 Å². The summed E-state index contributed by atoms with van der Waals surface area (Å²) in [6, 6.07) is 12.4. The SMILES string of the molecule is CC(=O)N1c2ccc(S(=O)(=O)N3CCCC3)cc2CC1C(=O)N1CCc2ccccc2C1. The van der Waals surface area contributed by atoms with Crippen molar-refractivity contribution in [3.05, 3.63) is 59.2 Å². The number of anilines is 1. The summed E-state index contributed by atoms with van der Waals surface area (Å²) in [4.78, 5) is 29.6. The maximum absolute atomic E-state index is 13.5. The van der Waals surface area contributed by atoms with Crippen LogP contribution in [0.5, 0.6) is 0 Å². The molecule has 0 spiro atoms. The van der Waals surface area contributed by atoms with Crippen molar-refractivity contribution >= 4 is 27.5 Å². The topological polar surface area (TPSA) is 78.0 Å². The molecular weight excluding hydrogens is 426 g/mol. The second-order valence-electron chi connectivity index (χ2n) is 8.79. The minimum atomic E-state index is -3.56. The fourth-order valence-electron chi connectivity index (χ4n) is 5.15. The molecule has 3 heterocycles. The van der Waals surface area contributed by atoms with Gasteiger partial charge in [0, 0.05) is 45.2 Å². The highest BCUT2D eigenvalue weighted by atomic mass is 32.2. The highest BCUT2D eigenvalue weighted by Crippen LogP contribution is 2.36. The lowest BCUT2D eigenvalue weighted by molar-refractivity contribution is -0.135. The van der Waals surface area contributed by atoms with Crippen LogP contribution in [0, 0.1) is 0 Å². The standard InChI is InChI=1S/C24H27N3O4S/c1-17(28)27-22-9-8-21(32(30,31)26-11-4-5-12-26)14-20(22)15-23(27)24(29)25-13-10-18-6-2-3-7-19(18)16-25/h2-3,6-9,14,23H,4-5,10-13,15-16H2,1H3. The molecule has 3 aliphatic heterocycles. The van der Waals surface area contributed by atoms with Gasteiger partial charge >= 0.3 is 0 Å². The van der Waals surface area contributed by atoms with E-state index in [0.29, 0.717) is 38.3 Å². The monoisotopic (exact) mass is 453 g/mol. The Labute approximate surface area is 188 Å². The number of rotatable bonds is 3. The lowest BCUT2D eigenvalue weighted by atomic mass is 9.99. The second kappa shape index (κ2) is 8.01. The van der Waals surface area contributed by atoms with E-state index in [0.717, 1.165) is 30.4 Å². The smallest absolute Gasteiger partial charge is 0.246 e. The molecule has 1 fully saturated rings. The number of benzene rings is 2. The summed E-state index contributed by atoms with van der Waals surface area (Å²) in [5, 5.41) is 0. The summed E-state index contributed by atoms with van der Waals surface area (Å²) in [7, 11) is -3.56. The first kappa shape index (κ1) is 21.2. The highest BCUT2D eigenvalue weighted by molar-refractivity contribution is 7.89. The molecule has 0 saturated carbocycles. The van der Waals surface area contributed by atoms with Crippen molar-refractivity contribution in [2.75, 3.05) is 24.5 Å². The van der Waals surface area contributed by atoms with E-state index in [-0.39, 0.29) is 16.7 Å². The molecule has 5 rings (SSSR count). The molecule has 7 nitrogen and oxygen atoms in total. The zero-order chi connectivity index (χ0) is 22.5. The van der Waals surface area contributed by atoms with E-state index in [4.69, 9.17) is 0 Å². The first-order valence-electron chi connectivity index (χ1n) is 11.1. The Kier molecular flexibility index (Phi) is 5.29. The van der Waals surface area contributed by atoms with Crippen LogP contribution in [0.4, 0.5) is 5.69 Å². The molecule has 2 aromatic rings. The first-order chi connectivity index (χ1) is 15.4. The van der Waals surface area contributed by atoms with Crippen LogP contribution in [0.3, 0.4) is 0 Å². The van der Waals surface area contributed by atoms with Gasteiger partial charge in [0.1, 0.15) is 6.04 Å². The number of hydrogen-bond acceptors (Lipinski definition) is 4. The Morgan fingerprint density at radius 1 is 0.938 bits per heavy atom. The van der Waals surface area contributed by atoms with Gasteiger partial charge in [-0.1, -0.05) is 24.3 Å². The number of carbonyl (C=O) groups excluding carboxylic acids is 2. The van der Waals surface area contributed by atoms with E-state index in [1.165, 1.54) is 21.7 Å². The Hall–Kier alpha value is -2.71. The predicted molar refractivity (Wildman–Crippen MR) is 121 cm³/mol. The third kappa shape index (κ3) is 3.51. The van der Waals surface area contributed by atoms with Gasteiger partial charge in [-0.05, 0) is 54.2 Å². The van der Waals surface area contributed by atoms with E-state index in [2.05, 4.69) is 6.07 Å². The number of sulfonamides is 1. The largest absolute Gasteiger partial charge is 0.336 e. The van der Waals surface area contributed by atoms with Gasteiger partial charge in [-0.15, -0.1) is 0 Å². The van der Waals surface area contributed by atoms with Crippen LogP contribution in [0.2, 0.25) is 0 Å². The van der Waals surface area contributed by atoms with E-state index in [9.17, 15) is 18.0 Å². The number of carbonyl (C=O) groups is 2. The molecule has 0 radical (unpaired) electrons. The number of hydrogen-bond donors (Lipinski definition) is 0. The van der Waals surface area contributed by atoms with Crippen molar-refractivity contribution in [3.63, 3.8) is 0 Å². The van der Waals surface area contributed by atoms with Gasteiger partial charge in [0.15, 0.2) is 0 Å². The summed E-state index contributed by atoms with van der Waals surface area (Å²) < 4.78 is 27.5. The van der Waals surface area contributed by atoms with E-state index >= 15 is 0 Å². The van der Waals surface area contributed by atoms with E-state index < -0.39 is 16.1 Å². The van der Waals surface area contributed by atoms with Crippen LogP contribution in [0.15, 0.2) is 47.4 Å². The lowest BCUT2D eigenvalue weighted by Gasteiger charge is -2.33. The minimum absolute atomic E-state index is 0.0881. The molecule has 0 N–H and O–H groups in total. The molecule has 1 unspecified atom stereocenters. The summed E-state index contributed by atoms with van der Waals surface area (Å²) in [5.74, 6) is -0.301. The van der Waals surface area contributed by atoms with Gasteiger partial charge in [0.05, 0.1) is 4.90 Å². The maximum Gasteiger partial charge on any atom is 0.246 e. The van der Waals surface area contributed by atoms with E-state index in [1.54, 1.807) is 18.2 Å². The van der Waals surface area contributed by atoms with E-state index in [1.807, 2.05) is 23.1 Å². The van der Waals surface area contributed by atoms with Crippen LogP contribution < -0.4 is 4.90 Å². The fourth-order valence-corrected chi connectivity index (χ4v) is 6.72. The van der Waals surface area contributed by atoms with Gasteiger partial charge in [0.25, 0.3) is 0 Å². The Morgan fingerprint density at radius 3 is 2.38 bits per heavy atom. The molecule has 2 aromatic carbocycles. The van der Waals surface area contributed by atoms with Crippen LogP contribution in [0.1, 0.15) is 36.5 Å². The van der Waals surface area contributed by atoms with Crippen molar-refractivity contribution in [2.45, 2.75) is 50.1 Å². The molecule has 8 heteroatoms. The van der Waals surface area contributed by atoms with Crippen molar-refractivity contribution in [2.24, 2.45) is 0 Å². The number of fused-ring (bicyclic) bond motifs is 2. The molecule has 1 atom stereocenters. The summed E-state index contributed by atoms with van der Waals surface area (Å²) in [5.41, 5.74) is 3.76. The molecular formula is C24H27N3O4S. The van der Waals surface area contributed by atoms with Gasteiger partial charge in [-0.3, -0.25) is 14.5 Å². The van der Waals surface area contributed by atoms with Gasteiger partial charge in [-0.25, -0.2) is 8.42 Å². The summed E-state index contributed by atoms with van der Waals surface area (Å²) >= 11 is 0. The van der Waals surface area contributed by atoms with Crippen LogP contribution >= 0.6 is 0 Å². The van der Waals surface area contributed by atoms with Crippen LogP contribution in [-0.4, -0.2) is 55.1 Å². The quantitative estimate of drug-likeness (QED) is 0.715. The van der Waals surface area contributed by atoms with Gasteiger partial charge in [0.2, 0.25) is 21.8 Å². The lowest BCUT2D eigenvalue weighted by Crippen LogP contribution is -2.50. The zero-order valence-corrected chi connectivity index (χ0v) is 19.0. The second-order valence-corrected chi connectivity index (χ2v) is 10.7.